The third-order valence-electron chi connectivity index (χ3n) is 12.9. The average Bonchev–Trinajstić information content (AvgIpc) is 3.93. The average molecular weight is 820 g/mol. The van der Waals surface area contributed by atoms with Crippen LogP contribution in [0.3, 0.4) is 0 Å². The maximum Gasteiger partial charge on any atom is 0.143 e. The zero-order valence-electron chi connectivity index (χ0n) is 34.1. The molecular formula is C60H37NOS. The highest BCUT2D eigenvalue weighted by molar-refractivity contribution is 7.26. The van der Waals surface area contributed by atoms with Crippen molar-refractivity contribution in [1.29, 1.82) is 0 Å². The fourth-order valence-electron chi connectivity index (χ4n) is 9.77. The van der Waals surface area contributed by atoms with Crippen LogP contribution < -0.4 is 4.90 Å². The lowest BCUT2D eigenvalue weighted by Crippen LogP contribution is -2.11. The molecule has 0 aliphatic carbocycles. The van der Waals surface area contributed by atoms with Gasteiger partial charge in [0, 0.05) is 53.3 Å². The molecule has 0 fully saturated rings. The quantitative estimate of drug-likeness (QED) is 0.155. The second kappa shape index (κ2) is 14.3. The molecule has 0 bridgehead atoms. The van der Waals surface area contributed by atoms with Gasteiger partial charge in [0.15, 0.2) is 0 Å². The Bertz CT molecular complexity index is 3910. The summed E-state index contributed by atoms with van der Waals surface area (Å²) in [5, 5.41) is 12.2. The summed E-state index contributed by atoms with van der Waals surface area (Å²) >= 11 is 1.87. The molecule has 2 aromatic heterocycles. The third-order valence-corrected chi connectivity index (χ3v) is 14.1. The van der Waals surface area contributed by atoms with Gasteiger partial charge in [-0.1, -0.05) is 164 Å². The van der Waals surface area contributed by atoms with E-state index in [1.807, 2.05) is 11.3 Å². The predicted octanol–water partition coefficient (Wildman–Crippen LogP) is 17.9. The molecule has 0 aliphatic heterocycles. The van der Waals surface area contributed by atoms with Gasteiger partial charge in [-0.25, -0.2) is 0 Å². The number of hydrogen-bond acceptors (Lipinski definition) is 3. The van der Waals surface area contributed by atoms with Crippen molar-refractivity contribution in [3.63, 3.8) is 0 Å². The van der Waals surface area contributed by atoms with Gasteiger partial charge in [-0.05, 0) is 115 Å². The minimum absolute atomic E-state index is 0.890. The first-order valence-corrected chi connectivity index (χ1v) is 22.3. The third kappa shape index (κ3) is 5.85. The molecule has 0 aliphatic rings. The number of nitrogens with zero attached hydrogens (tertiary/aromatic N) is 1. The van der Waals surface area contributed by atoms with Gasteiger partial charge in [0.2, 0.25) is 0 Å². The van der Waals surface area contributed by atoms with E-state index in [1.165, 1.54) is 69.4 Å². The van der Waals surface area contributed by atoms with E-state index in [-0.39, 0.29) is 0 Å². The predicted molar refractivity (Wildman–Crippen MR) is 270 cm³/mol. The van der Waals surface area contributed by atoms with E-state index in [9.17, 15) is 0 Å². The lowest BCUT2D eigenvalue weighted by atomic mass is 9.97. The Kier molecular flexibility index (Phi) is 8.12. The SMILES string of the molecule is c1ccc(N(c2ccc(-c3ccc4c(ccc5ccccc54)c3)cc2)c2ccc(-c3cccc4c3sc3ccccc34)cc2)c(-c2ccc3oc4c5ccccc5ccc4c3c2)c1. The molecule has 11 aromatic carbocycles. The van der Waals surface area contributed by atoms with Crippen LogP contribution in [0.15, 0.2) is 229 Å². The number of benzene rings is 11. The highest BCUT2D eigenvalue weighted by atomic mass is 32.1. The summed E-state index contributed by atoms with van der Waals surface area (Å²) in [6.45, 7) is 0. The Balaban J connectivity index is 0.942. The molecule has 0 saturated carbocycles. The van der Waals surface area contributed by atoms with Crippen molar-refractivity contribution in [1.82, 2.24) is 0 Å². The standard InChI is InChI=1S/C60H37NOS/c1-3-12-47-39(10-1)20-21-43-36-42(27-33-48(43)47)38-22-29-45(30-23-38)61(46-31-24-41(25-32-46)51-16-9-17-54-52-15-6-8-19-58(52)63-60(51)54)56-18-7-5-13-49(56)44-28-35-57-55(37-44)53-34-26-40-11-2-4-14-50(40)59(53)62-57/h1-37H. The molecule has 0 spiro atoms. The Hall–Kier alpha value is -7.98. The number of thiophene rings is 1. The first kappa shape index (κ1) is 35.7. The van der Waals surface area contributed by atoms with Crippen LogP contribution in [0.2, 0.25) is 0 Å². The van der Waals surface area contributed by atoms with Crippen LogP contribution in [0.1, 0.15) is 0 Å². The summed E-state index contributed by atoms with van der Waals surface area (Å²) in [5.74, 6) is 0. The van der Waals surface area contributed by atoms with Crippen LogP contribution in [-0.4, -0.2) is 0 Å². The van der Waals surface area contributed by atoms with E-state index >= 15 is 0 Å². The second-order valence-electron chi connectivity index (χ2n) is 16.4. The zero-order valence-corrected chi connectivity index (χ0v) is 34.9. The molecule has 0 saturated heterocycles. The Labute approximate surface area is 368 Å². The van der Waals surface area contributed by atoms with Crippen molar-refractivity contribution in [2.24, 2.45) is 0 Å². The normalized spacial score (nSPS) is 11.8. The summed E-state index contributed by atoms with van der Waals surface area (Å²) in [6, 6.07) is 81.8. The van der Waals surface area contributed by atoms with Crippen LogP contribution in [0.4, 0.5) is 17.1 Å². The van der Waals surface area contributed by atoms with Gasteiger partial charge in [0.05, 0.1) is 5.69 Å². The van der Waals surface area contributed by atoms with E-state index < -0.39 is 0 Å². The summed E-state index contributed by atoms with van der Waals surface area (Å²) in [7, 11) is 0. The molecule has 63 heavy (non-hydrogen) atoms. The molecular weight excluding hydrogens is 783 g/mol. The number of para-hydroxylation sites is 1. The molecule has 13 rings (SSSR count). The molecule has 13 aromatic rings. The molecule has 2 heterocycles. The van der Waals surface area contributed by atoms with E-state index in [1.54, 1.807) is 0 Å². The van der Waals surface area contributed by atoms with E-state index in [0.29, 0.717) is 0 Å². The number of fused-ring (bicyclic) bond motifs is 11. The van der Waals surface area contributed by atoms with Gasteiger partial charge in [-0.3, -0.25) is 0 Å². The van der Waals surface area contributed by atoms with E-state index in [0.717, 1.165) is 55.5 Å². The Morgan fingerprint density at radius 2 is 0.921 bits per heavy atom. The van der Waals surface area contributed by atoms with Crippen molar-refractivity contribution in [2.45, 2.75) is 0 Å². The highest BCUT2D eigenvalue weighted by Crippen LogP contribution is 2.45. The summed E-state index contributed by atoms with van der Waals surface area (Å²) in [4.78, 5) is 2.40. The van der Waals surface area contributed by atoms with E-state index in [4.69, 9.17) is 4.42 Å². The number of rotatable bonds is 6. The smallest absolute Gasteiger partial charge is 0.143 e. The first-order chi connectivity index (χ1) is 31.2. The molecule has 0 amide bonds. The van der Waals surface area contributed by atoms with Gasteiger partial charge < -0.3 is 9.32 Å². The van der Waals surface area contributed by atoms with Crippen molar-refractivity contribution >= 4 is 103 Å². The minimum Gasteiger partial charge on any atom is -0.455 e. The van der Waals surface area contributed by atoms with Gasteiger partial charge in [-0.2, -0.15) is 0 Å². The topological polar surface area (TPSA) is 16.4 Å². The van der Waals surface area contributed by atoms with Gasteiger partial charge in [0.25, 0.3) is 0 Å². The summed E-state index contributed by atoms with van der Waals surface area (Å²) in [5.41, 5.74) is 12.2. The van der Waals surface area contributed by atoms with Crippen LogP contribution in [0.5, 0.6) is 0 Å². The summed E-state index contributed by atoms with van der Waals surface area (Å²) < 4.78 is 9.18. The van der Waals surface area contributed by atoms with Crippen LogP contribution in [0.25, 0.3) is 108 Å². The minimum atomic E-state index is 0.890. The highest BCUT2D eigenvalue weighted by Gasteiger charge is 2.20. The van der Waals surface area contributed by atoms with Crippen molar-refractivity contribution in [2.75, 3.05) is 4.90 Å². The maximum absolute atomic E-state index is 6.54. The molecule has 0 radical (unpaired) electrons. The lowest BCUT2D eigenvalue weighted by Gasteiger charge is -2.28. The van der Waals surface area contributed by atoms with Crippen LogP contribution in [-0.2, 0) is 0 Å². The zero-order chi connectivity index (χ0) is 41.4. The van der Waals surface area contributed by atoms with Crippen LogP contribution in [0, 0.1) is 0 Å². The van der Waals surface area contributed by atoms with Crippen molar-refractivity contribution in [3.8, 4) is 33.4 Å². The molecule has 2 nitrogen and oxygen atoms in total. The Morgan fingerprint density at radius 3 is 1.76 bits per heavy atom. The molecule has 294 valence electrons. The maximum atomic E-state index is 6.54. The fraction of sp³-hybridized carbons (Fsp3) is 0. The van der Waals surface area contributed by atoms with Crippen molar-refractivity contribution in [3.05, 3.63) is 224 Å². The number of hydrogen-bond donors (Lipinski definition) is 0. The van der Waals surface area contributed by atoms with Crippen molar-refractivity contribution < 1.29 is 4.42 Å². The number of anilines is 3. The van der Waals surface area contributed by atoms with Gasteiger partial charge in [-0.15, -0.1) is 11.3 Å². The monoisotopic (exact) mass is 819 g/mol. The van der Waals surface area contributed by atoms with Gasteiger partial charge in [0.1, 0.15) is 11.2 Å². The van der Waals surface area contributed by atoms with E-state index in [2.05, 4.69) is 229 Å². The lowest BCUT2D eigenvalue weighted by molar-refractivity contribution is 0.672. The molecule has 0 N–H and O–H groups in total. The fourth-order valence-corrected chi connectivity index (χ4v) is 11.0. The molecule has 3 heteroatoms. The largest absolute Gasteiger partial charge is 0.455 e. The molecule has 0 unspecified atom stereocenters. The molecule has 0 atom stereocenters. The second-order valence-corrected chi connectivity index (χ2v) is 17.5. The van der Waals surface area contributed by atoms with Gasteiger partial charge >= 0.3 is 0 Å². The number of furan rings is 1. The first-order valence-electron chi connectivity index (χ1n) is 21.5. The Morgan fingerprint density at radius 1 is 0.333 bits per heavy atom. The van der Waals surface area contributed by atoms with Crippen LogP contribution >= 0.6 is 11.3 Å². The summed E-state index contributed by atoms with van der Waals surface area (Å²) in [6.07, 6.45) is 0.